The molecule has 4 rings (SSSR count). The maximum atomic E-state index is 12.9. The Morgan fingerprint density at radius 3 is 2.52 bits per heavy atom. The molecular weight excluding hydrogens is 407 g/mol. The number of amides is 2. The van der Waals surface area contributed by atoms with Gasteiger partial charge in [0.05, 0.1) is 11.3 Å². The molecule has 160 valence electrons. The summed E-state index contributed by atoms with van der Waals surface area (Å²) in [6.07, 6.45) is -2.97. The van der Waals surface area contributed by atoms with Gasteiger partial charge in [-0.2, -0.15) is 13.2 Å². The van der Waals surface area contributed by atoms with Crippen molar-refractivity contribution in [2.45, 2.75) is 32.4 Å². The largest absolute Gasteiger partial charge is 0.416 e. The third-order valence-electron chi connectivity index (χ3n) is 5.25. The maximum Gasteiger partial charge on any atom is 0.416 e. The summed E-state index contributed by atoms with van der Waals surface area (Å²) in [5.74, 6) is -0.206. The molecule has 0 saturated heterocycles. The minimum Gasteiger partial charge on any atom is -0.337 e. The zero-order valence-electron chi connectivity index (χ0n) is 16.7. The number of rotatable bonds is 4. The Kier molecular flexibility index (Phi) is 5.31. The van der Waals surface area contributed by atoms with Gasteiger partial charge in [0, 0.05) is 12.1 Å². The minimum absolute atomic E-state index is 0.200. The number of carbonyl (C=O) groups is 2. The van der Waals surface area contributed by atoms with Crippen LogP contribution in [0.5, 0.6) is 0 Å². The number of alkyl halides is 3. The van der Waals surface area contributed by atoms with E-state index in [1.165, 1.54) is 17.0 Å². The number of nitrogens with zero attached hydrogens (tertiary/aromatic N) is 1. The fourth-order valence-corrected chi connectivity index (χ4v) is 3.62. The van der Waals surface area contributed by atoms with Gasteiger partial charge in [-0.1, -0.05) is 19.1 Å². The Hall–Kier alpha value is -3.55. The molecule has 0 fully saturated rings. The summed E-state index contributed by atoms with van der Waals surface area (Å²) in [4.78, 5) is 29.6. The van der Waals surface area contributed by atoms with E-state index in [9.17, 15) is 22.8 Å². The van der Waals surface area contributed by atoms with E-state index >= 15 is 0 Å². The van der Waals surface area contributed by atoms with Gasteiger partial charge in [-0.25, -0.2) is 0 Å². The smallest absolute Gasteiger partial charge is 0.337 e. The van der Waals surface area contributed by atoms with Crippen molar-refractivity contribution in [2.24, 2.45) is 0 Å². The molecule has 1 aromatic heterocycles. The number of aromatic nitrogens is 1. The number of anilines is 3. The Morgan fingerprint density at radius 1 is 1.10 bits per heavy atom. The van der Waals surface area contributed by atoms with Crippen molar-refractivity contribution in [3.63, 3.8) is 0 Å². The average molecular weight is 427 g/mol. The highest BCUT2D eigenvalue weighted by molar-refractivity contribution is 6.06. The van der Waals surface area contributed by atoms with Crippen LogP contribution in [0.4, 0.5) is 30.4 Å². The number of aromatic amines is 1. The summed E-state index contributed by atoms with van der Waals surface area (Å²) in [6, 6.07) is 13.6. The quantitative estimate of drug-likeness (QED) is 0.581. The molecule has 0 radical (unpaired) electrons. The van der Waals surface area contributed by atoms with Gasteiger partial charge >= 0.3 is 6.18 Å². The number of H-pyrrole nitrogens is 1. The minimum atomic E-state index is -4.46. The van der Waals surface area contributed by atoms with Crippen LogP contribution in [0.2, 0.25) is 0 Å². The molecule has 1 aliphatic rings. The first-order chi connectivity index (χ1) is 14.8. The molecule has 0 spiro atoms. The second-order valence-corrected chi connectivity index (χ2v) is 7.34. The Labute approximate surface area is 176 Å². The SMILES string of the molecule is CCc1cccc(NC(=O)c2cc3c([nH]2)N(c2ccc(C(F)(F)F)cc2)C(=O)CC3)c1. The van der Waals surface area contributed by atoms with Crippen molar-refractivity contribution >= 4 is 29.0 Å². The fourth-order valence-electron chi connectivity index (χ4n) is 3.62. The molecule has 31 heavy (non-hydrogen) atoms. The third kappa shape index (κ3) is 4.19. The second-order valence-electron chi connectivity index (χ2n) is 7.34. The molecule has 2 aromatic carbocycles. The lowest BCUT2D eigenvalue weighted by molar-refractivity contribution is -0.137. The van der Waals surface area contributed by atoms with Crippen LogP contribution in [0.1, 0.15) is 40.5 Å². The molecule has 0 unspecified atom stereocenters. The molecule has 2 heterocycles. The van der Waals surface area contributed by atoms with Crippen LogP contribution < -0.4 is 10.2 Å². The van der Waals surface area contributed by atoms with Crippen LogP contribution in [-0.4, -0.2) is 16.8 Å². The van der Waals surface area contributed by atoms with Gasteiger partial charge in [0.1, 0.15) is 11.5 Å². The zero-order valence-corrected chi connectivity index (χ0v) is 16.7. The molecule has 1 aliphatic heterocycles. The highest BCUT2D eigenvalue weighted by Crippen LogP contribution is 2.36. The van der Waals surface area contributed by atoms with Gasteiger partial charge in [-0.3, -0.25) is 14.5 Å². The molecular formula is C23H20F3N3O2. The van der Waals surface area contributed by atoms with E-state index in [2.05, 4.69) is 10.3 Å². The van der Waals surface area contributed by atoms with Crippen molar-refractivity contribution in [1.29, 1.82) is 0 Å². The van der Waals surface area contributed by atoms with E-state index in [0.717, 1.165) is 29.7 Å². The molecule has 2 amide bonds. The molecule has 3 aromatic rings. The number of aryl methyl sites for hydroxylation is 2. The number of hydrogen-bond donors (Lipinski definition) is 2. The first-order valence-corrected chi connectivity index (χ1v) is 9.88. The summed E-state index contributed by atoms with van der Waals surface area (Å²) in [5, 5.41) is 2.83. The number of fused-ring (bicyclic) bond motifs is 1. The average Bonchev–Trinajstić information content (AvgIpc) is 3.18. The molecule has 5 nitrogen and oxygen atoms in total. The number of carbonyl (C=O) groups excluding carboxylic acids is 2. The summed E-state index contributed by atoms with van der Waals surface area (Å²) < 4.78 is 38.6. The van der Waals surface area contributed by atoms with Gasteiger partial charge in [0.25, 0.3) is 5.91 Å². The normalized spacial score (nSPS) is 13.8. The second kappa shape index (κ2) is 7.94. The van der Waals surface area contributed by atoms with Gasteiger partial charge < -0.3 is 10.3 Å². The van der Waals surface area contributed by atoms with Crippen LogP contribution in [0.3, 0.4) is 0 Å². The van der Waals surface area contributed by atoms with Gasteiger partial charge in [0.15, 0.2) is 0 Å². The molecule has 8 heteroatoms. The van der Waals surface area contributed by atoms with Gasteiger partial charge in [-0.05, 0) is 66.4 Å². The standard InChI is InChI=1S/C23H20F3N3O2/c1-2-14-4-3-5-17(12-14)27-22(31)19-13-15-6-11-20(30)29(21(15)28-19)18-9-7-16(8-10-18)23(24,25)26/h3-5,7-10,12-13,28H,2,6,11H2,1H3,(H,27,31). The monoisotopic (exact) mass is 427 g/mol. The van der Waals surface area contributed by atoms with E-state index in [0.29, 0.717) is 23.6 Å². The Bertz CT molecular complexity index is 1130. The number of hydrogen-bond acceptors (Lipinski definition) is 2. The first kappa shape index (κ1) is 20.7. The predicted octanol–water partition coefficient (Wildman–Crippen LogP) is 5.46. The zero-order chi connectivity index (χ0) is 22.2. The first-order valence-electron chi connectivity index (χ1n) is 9.88. The highest BCUT2D eigenvalue weighted by Gasteiger charge is 2.32. The fraction of sp³-hybridized carbons (Fsp3) is 0.217. The Morgan fingerprint density at radius 2 is 1.84 bits per heavy atom. The lowest BCUT2D eigenvalue weighted by Gasteiger charge is -2.27. The van der Waals surface area contributed by atoms with Crippen molar-refractivity contribution in [2.75, 3.05) is 10.2 Å². The van der Waals surface area contributed by atoms with Crippen LogP contribution in [0.15, 0.2) is 54.6 Å². The topological polar surface area (TPSA) is 65.2 Å². The number of benzene rings is 2. The third-order valence-corrected chi connectivity index (χ3v) is 5.25. The van der Waals surface area contributed by atoms with E-state index in [-0.39, 0.29) is 23.9 Å². The molecule has 0 saturated carbocycles. The lowest BCUT2D eigenvalue weighted by atomic mass is 10.1. The van der Waals surface area contributed by atoms with Crippen molar-refractivity contribution in [3.8, 4) is 0 Å². The summed E-state index contributed by atoms with van der Waals surface area (Å²) in [5.41, 5.74) is 2.30. The maximum absolute atomic E-state index is 12.9. The highest BCUT2D eigenvalue weighted by atomic mass is 19.4. The predicted molar refractivity (Wildman–Crippen MR) is 111 cm³/mol. The van der Waals surface area contributed by atoms with E-state index < -0.39 is 11.7 Å². The molecule has 0 atom stereocenters. The molecule has 0 bridgehead atoms. The van der Waals surface area contributed by atoms with Crippen LogP contribution in [0.25, 0.3) is 0 Å². The van der Waals surface area contributed by atoms with Crippen molar-refractivity contribution < 1.29 is 22.8 Å². The summed E-state index contributed by atoms with van der Waals surface area (Å²) >= 11 is 0. The molecule has 2 N–H and O–H groups in total. The van der Waals surface area contributed by atoms with Crippen LogP contribution >= 0.6 is 0 Å². The van der Waals surface area contributed by atoms with Gasteiger partial charge in [-0.15, -0.1) is 0 Å². The van der Waals surface area contributed by atoms with Crippen molar-refractivity contribution in [1.82, 2.24) is 4.98 Å². The van der Waals surface area contributed by atoms with Crippen molar-refractivity contribution in [3.05, 3.63) is 77.0 Å². The molecule has 0 aliphatic carbocycles. The van der Waals surface area contributed by atoms with Gasteiger partial charge in [0.2, 0.25) is 5.91 Å². The van der Waals surface area contributed by atoms with E-state index in [4.69, 9.17) is 0 Å². The number of nitrogens with one attached hydrogen (secondary N) is 2. The van der Waals surface area contributed by atoms with Crippen LogP contribution in [0, 0.1) is 0 Å². The Balaban J connectivity index is 1.62. The lowest BCUT2D eigenvalue weighted by Crippen LogP contribution is -2.30. The van der Waals surface area contributed by atoms with Crippen LogP contribution in [-0.2, 0) is 23.8 Å². The van der Waals surface area contributed by atoms with E-state index in [1.807, 2.05) is 25.1 Å². The summed E-state index contributed by atoms with van der Waals surface area (Å²) in [6.45, 7) is 2.02. The van der Waals surface area contributed by atoms with E-state index in [1.54, 1.807) is 12.1 Å². The number of halogens is 3. The summed E-state index contributed by atoms with van der Waals surface area (Å²) in [7, 11) is 0.